The minimum atomic E-state index is -0.0583. The quantitative estimate of drug-likeness (QED) is 0.808. The highest BCUT2D eigenvalue weighted by Gasteiger charge is 2.30. The van der Waals surface area contributed by atoms with Crippen LogP contribution < -0.4 is 10.6 Å². The molecule has 1 aromatic rings. The third-order valence-electron chi connectivity index (χ3n) is 5.77. The lowest BCUT2D eigenvalue weighted by molar-refractivity contribution is -0.134. The summed E-state index contributed by atoms with van der Waals surface area (Å²) in [6, 6.07) is 10.3. The number of hydrogen-bond acceptors (Lipinski definition) is 3. The van der Waals surface area contributed by atoms with E-state index in [0.29, 0.717) is 0 Å². The molecule has 0 bridgehead atoms. The van der Waals surface area contributed by atoms with Gasteiger partial charge in [0.2, 0.25) is 11.8 Å². The molecule has 0 spiro atoms. The molecule has 2 saturated heterocycles. The fourth-order valence-corrected chi connectivity index (χ4v) is 4.11. The zero-order valence-electron chi connectivity index (χ0n) is 16.2. The molecule has 150 valence electrons. The van der Waals surface area contributed by atoms with Gasteiger partial charge in [-0.15, -0.1) is 12.4 Å². The fraction of sp³-hybridized carbons (Fsp3) is 0.619. The van der Waals surface area contributed by atoms with Gasteiger partial charge < -0.3 is 15.5 Å². The summed E-state index contributed by atoms with van der Waals surface area (Å²) in [6.07, 6.45) is 4.38. The van der Waals surface area contributed by atoms with Gasteiger partial charge in [-0.1, -0.05) is 37.3 Å². The van der Waals surface area contributed by atoms with E-state index in [-0.39, 0.29) is 42.1 Å². The van der Waals surface area contributed by atoms with Crippen molar-refractivity contribution in [1.29, 1.82) is 0 Å². The maximum Gasteiger partial charge on any atom is 0.230 e. The summed E-state index contributed by atoms with van der Waals surface area (Å²) in [4.78, 5) is 27.3. The Morgan fingerprint density at radius 2 is 1.74 bits per heavy atom. The van der Waals surface area contributed by atoms with E-state index in [2.05, 4.69) is 17.6 Å². The van der Waals surface area contributed by atoms with E-state index in [9.17, 15) is 9.59 Å². The van der Waals surface area contributed by atoms with Gasteiger partial charge in [0.25, 0.3) is 0 Å². The Labute approximate surface area is 168 Å². The molecule has 1 atom stereocenters. The Morgan fingerprint density at radius 3 is 2.33 bits per heavy atom. The first-order valence-electron chi connectivity index (χ1n) is 10.0. The lowest BCUT2D eigenvalue weighted by Crippen LogP contribution is -2.49. The third-order valence-corrected chi connectivity index (χ3v) is 5.77. The Morgan fingerprint density at radius 1 is 1.11 bits per heavy atom. The average molecular weight is 394 g/mol. The summed E-state index contributed by atoms with van der Waals surface area (Å²) in [5.74, 6) is 0.518. The van der Waals surface area contributed by atoms with Gasteiger partial charge in [-0.2, -0.15) is 0 Å². The van der Waals surface area contributed by atoms with Crippen LogP contribution >= 0.6 is 12.4 Å². The number of piperidine rings is 2. The van der Waals surface area contributed by atoms with E-state index in [1.54, 1.807) is 0 Å². The van der Waals surface area contributed by atoms with Crippen LogP contribution in [0.3, 0.4) is 0 Å². The van der Waals surface area contributed by atoms with Crippen LogP contribution in [-0.4, -0.2) is 48.9 Å². The van der Waals surface area contributed by atoms with Gasteiger partial charge in [-0.25, -0.2) is 0 Å². The number of nitrogens with zero attached hydrogens (tertiary/aromatic N) is 1. The van der Waals surface area contributed by atoms with Crippen LogP contribution in [0.15, 0.2) is 30.3 Å². The molecule has 5 nitrogen and oxygen atoms in total. The number of likely N-dealkylation sites (tertiary alicyclic amines) is 1. The van der Waals surface area contributed by atoms with E-state index in [1.807, 2.05) is 35.2 Å². The first kappa shape index (κ1) is 21.7. The van der Waals surface area contributed by atoms with Crippen molar-refractivity contribution >= 4 is 24.2 Å². The molecule has 2 fully saturated rings. The number of rotatable bonds is 5. The van der Waals surface area contributed by atoms with Crippen molar-refractivity contribution in [3.05, 3.63) is 35.9 Å². The summed E-state index contributed by atoms with van der Waals surface area (Å²) in [5, 5.41) is 6.52. The minimum Gasteiger partial charge on any atom is -0.353 e. The van der Waals surface area contributed by atoms with Gasteiger partial charge in [0.05, 0.1) is 5.92 Å². The van der Waals surface area contributed by atoms with Gasteiger partial charge in [0, 0.05) is 25.0 Å². The second-order valence-corrected chi connectivity index (χ2v) is 7.50. The highest BCUT2D eigenvalue weighted by molar-refractivity contribution is 5.85. The third kappa shape index (κ3) is 5.69. The van der Waals surface area contributed by atoms with E-state index in [4.69, 9.17) is 0 Å². The number of nitrogens with one attached hydrogen (secondary N) is 2. The smallest absolute Gasteiger partial charge is 0.230 e. The molecule has 2 aliphatic heterocycles. The Kier molecular flexibility index (Phi) is 8.58. The van der Waals surface area contributed by atoms with Crippen LogP contribution in [0.25, 0.3) is 0 Å². The average Bonchev–Trinajstić information content (AvgIpc) is 2.70. The monoisotopic (exact) mass is 393 g/mol. The summed E-state index contributed by atoms with van der Waals surface area (Å²) >= 11 is 0. The number of carbonyl (C=O) groups excluding carboxylic acids is 2. The van der Waals surface area contributed by atoms with Crippen LogP contribution in [-0.2, 0) is 9.59 Å². The van der Waals surface area contributed by atoms with E-state index >= 15 is 0 Å². The van der Waals surface area contributed by atoms with Gasteiger partial charge in [0.15, 0.2) is 0 Å². The standard InChI is InChI=1S/C21H31N3O2.ClH/c1-2-19(16-6-4-3-5-7-16)21(26)24-14-10-18(11-15-24)23-20(25)17-8-12-22-13-9-17;/h3-7,17-19,22H,2,8-15H2,1H3,(H,23,25);1H. The highest BCUT2D eigenvalue weighted by atomic mass is 35.5. The predicted molar refractivity (Wildman–Crippen MR) is 110 cm³/mol. The molecule has 2 amide bonds. The van der Waals surface area contributed by atoms with Crippen molar-refractivity contribution in [2.24, 2.45) is 5.92 Å². The van der Waals surface area contributed by atoms with Crippen molar-refractivity contribution < 1.29 is 9.59 Å². The van der Waals surface area contributed by atoms with Crippen LogP contribution in [0.5, 0.6) is 0 Å². The summed E-state index contributed by atoms with van der Waals surface area (Å²) < 4.78 is 0. The van der Waals surface area contributed by atoms with Crippen LogP contribution in [0.2, 0.25) is 0 Å². The van der Waals surface area contributed by atoms with E-state index in [1.165, 1.54) is 0 Å². The molecule has 6 heteroatoms. The van der Waals surface area contributed by atoms with Crippen LogP contribution in [0.1, 0.15) is 50.5 Å². The van der Waals surface area contributed by atoms with Crippen molar-refractivity contribution in [2.45, 2.75) is 51.0 Å². The van der Waals surface area contributed by atoms with Crippen LogP contribution in [0, 0.1) is 5.92 Å². The second-order valence-electron chi connectivity index (χ2n) is 7.50. The molecule has 2 heterocycles. The van der Waals surface area contributed by atoms with Crippen molar-refractivity contribution in [1.82, 2.24) is 15.5 Å². The van der Waals surface area contributed by atoms with E-state index in [0.717, 1.165) is 63.8 Å². The first-order chi connectivity index (χ1) is 12.7. The van der Waals surface area contributed by atoms with E-state index < -0.39 is 0 Å². The van der Waals surface area contributed by atoms with Crippen molar-refractivity contribution in [3.63, 3.8) is 0 Å². The highest BCUT2D eigenvalue weighted by Crippen LogP contribution is 2.24. The van der Waals surface area contributed by atoms with Gasteiger partial charge in [-0.05, 0) is 50.8 Å². The Hall–Kier alpha value is -1.59. The number of halogens is 1. The zero-order valence-corrected chi connectivity index (χ0v) is 17.0. The molecule has 2 N–H and O–H groups in total. The number of hydrogen-bond donors (Lipinski definition) is 2. The molecule has 0 radical (unpaired) electrons. The Balaban J connectivity index is 0.00000261. The summed E-state index contributed by atoms with van der Waals surface area (Å²) in [5.41, 5.74) is 1.10. The zero-order chi connectivity index (χ0) is 18.4. The number of amides is 2. The van der Waals surface area contributed by atoms with Gasteiger partial charge in [-0.3, -0.25) is 9.59 Å². The lowest BCUT2D eigenvalue weighted by atomic mass is 9.93. The van der Waals surface area contributed by atoms with Crippen molar-refractivity contribution in [3.8, 4) is 0 Å². The van der Waals surface area contributed by atoms with Crippen LogP contribution in [0.4, 0.5) is 0 Å². The summed E-state index contributed by atoms with van der Waals surface area (Å²) in [7, 11) is 0. The molecule has 0 aliphatic carbocycles. The molecule has 1 aromatic carbocycles. The van der Waals surface area contributed by atoms with Gasteiger partial charge in [0.1, 0.15) is 0 Å². The molecule has 3 rings (SSSR count). The minimum absolute atomic E-state index is 0. The first-order valence-corrected chi connectivity index (χ1v) is 10.0. The van der Waals surface area contributed by atoms with Gasteiger partial charge >= 0.3 is 0 Å². The molecule has 2 aliphatic rings. The normalized spacial score (nSPS) is 19.8. The molecule has 0 aromatic heterocycles. The molecular weight excluding hydrogens is 362 g/mol. The maximum absolute atomic E-state index is 12.9. The number of benzene rings is 1. The summed E-state index contributed by atoms with van der Waals surface area (Å²) in [6.45, 7) is 5.41. The molecule has 1 unspecified atom stereocenters. The maximum atomic E-state index is 12.9. The predicted octanol–water partition coefficient (Wildman–Crippen LogP) is 2.71. The SMILES string of the molecule is CCC(C(=O)N1CCC(NC(=O)C2CCNCC2)CC1)c1ccccc1.Cl. The van der Waals surface area contributed by atoms with Crippen molar-refractivity contribution in [2.75, 3.05) is 26.2 Å². The second kappa shape index (κ2) is 10.7. The largest absolute Gasteiger partial charge is 0.353 e. The lowest BCUT2D eigenvalue weighted by Gasteiger charge is -2.35. The molecule has 27 heavy (non-hydrogen) atoms. The molecule has 0 saturated carbocycles. The fourth-order valence-electron chi connectivity index (χ4n) is 4.11. The Bertz CT molecular complexity index is 597. The molecular formula is C21H32ClN3O2. The number of carbonyl (C=O) groups is 2. The topological polar surface area (TPSA) is 61.4 Å².